The van der Waals surface area contributed by atoms with Crippen molar-refractivity contribution >= 4 is 23.1 Å². The van der Waals surface area contributed by atoms with E-state index in [2.05, 4.69) is 123 Å². The van der Waals surface area contributed by atoms with Crippen LogP contribution in [0.4, 0.5) is 0 Å². The van der Waals surface area contributed by atoms with Crippen molar-refractivity contribution in [2.75, 3.05) is 0 Å². The summed E-state index contributed by atoms with van der Waals surface area (Å²) in [5.74, 6) is 3.85. The Bertz CT molecular complexity index is 2340. The van der Waals surface area contributed by atoms with Gasteiger partial charge in [0.15, 0.2) is 0 Å². The van der Waals surface area contributed by atoms with Crippen LogP contribution in [0.3, 0.4) is 0 Å². The molecule has 6 heteroatoms. The van der Waals surface area contributed by atoms with Gasteiger partial charge in [0.25, 0.3) is 0 Å². The van der Waals surface area contributed by atoms with Gasteiger partial charge >= 0.3 is 0 Å². The van der Waals surface area contributed by atoms with Crippen LogP contribution in [0.15, 0.2) is 134 Å². The second-order valence-corrected chi connectivity index (χ2v) is 13.1. The van der Waals surface area contributed by atoms with Gasteiger partial charge in [-0.2, -0.15) is 0 Å². The predicted molar refractivity (Wildman–Crippen MR) is 204 cm³/mol. The van der Waals surface area contributed by atoms with E-state index in [0.29, 0.717) is 5.92 Å². The molecule has 0 atom stereocenters. The van der Waals surface area contributed by atoms with Crippen LogP contribution in [0.25, 0.3) is 33.6 Å². The summed E-state index contributed by atoms with van der Waals surface area (Å²) >= 11 is 0. The molecule has 0 N–H and O–H groups in total. The first kappa shape index (κ1) is 34.2. The van der Waals surface area contributed by atoms with Gasteiger partial charge in [-0.1, -0.05) is 98.6 Å². The average Bonchev–Trinajstić information content (AvgIpc) is 3.16. The molecule has 0 aliphatic carbocycles. The molecule has 9 rings (SSSR count). The molecule has 7 aromatic rings. The third kappa shape index (κ3) is 6.66. The fourth-order valence-electron chi connectivity index (χ4n) is 6.74. The number of hydrogen-bond acceptors (Lipinski definition) is 4. The topological polar surface area (TPSA) is 44.2 Å². The van der Waals surface area contributed by atoms with Crippen molar-refractivity contribution in [1.82, 2.24) is 9.97 Å². The molecule has 51 heavy (non-hydrogen) atoms. The molecule has 2 aromatic heterocycles. The number of para-hydroxylation sites is 1. The number of aromatic nitrogens is 2. The first-order chi connectivity index (χ1) is 24.4. The second kappa shape index (κ2) is 14.5. The van der Waals surface area contributed by atoms with Crippen LogP contribution in [0.1, 0.15) is 36.5 Å². The van der Waals surface area contributed by atoms with Gasteiger partial charge < -0.3 is 19.4 Å². The Labute approximate surface area is 314 Å². The summed E-state index contributed by atoms with van der Waals surface area (Å²) in [5.41, 5.74) is 13.3. The van der Waals surface area contributed by atoms with Crippen LogP contribution in [0.5, 0.6) is 23.0 Å². The maximum Gasteiger partial charge on any atom is 0.241 e. The van der Waals surface area contributed by atoms with Crippen molar-refractivity contribution in [3.05, 3.63) is 163 Å². The van der Waals surface area contributed by atoms with E-state index in [4.69, 9.17) is 9.47 Å². The summed E-state index contributed by atoms with van der Waals surface area (Å²) in [6.07, 6.45) is 3.81. The van der Waals surface area contributed by atoms with Gasteiger partial charge in [-0.05, 0) is 70.6 Å². The zero-order valence-corrected chi connectivity index (χ0v) is 31.3. The summed E-state index contributed by atoms with van der Waals surface area (Å²) in [6.45, 7) is 8.61. The molecule has 2 aliphatic rings. The largest absolute Gasteiger partial charge is 0.503 e. The fraction of sp³-hybridized carbons (Fsp3) is 0.111. The van der Waals surface area contributed by atoms with Gasteiger partial charge in [0.05, 0.1) is 0 Å². The Morgan fingerprint density at radius 1 is 0.686 bits per heavy atom. The van der Waals surface area contributed by atoms with E-state index < -0.39 is 0 Å². The standard InChI is InChI=1S/C26H19BNO2.C19H16N.Ir/c1-16(2)17-13-14-28-21(15-17)18-7-5-9-20-26(18)30-24-12-6-11-23-25(24)27(20)19-8-3-4-10-22(19)29-23;1-14-8-10-17(11-9-14)19-12-18(15(2)13-20-19)16-6-4-3-5-7-16;/h3-6,8-16H,1-2H3;3-10,12-13H,1-2H3;/q2*-1;. The van der Waals surface area contributed by atoms with Crippen LogP contribution < -0.4 is 25.9 Å². The molecule has 0 unspecified atom stereocenters. The van der Waals surface area contributed by atoms with E-state index in [1.54, 1.807) is 0 Å². The molecule has 0 spiro atoms. The zero-order valence-electron chi connectivity index (χ0n) is 28.9. The van der Waals surface area contributed by atoms with Crippen molar-refractivity contribution in [2.45, 2.75) is 33.6 Å². The minimum absolute atomic E-state index is 0. The fourth-order valence-corrected chi connectivity index (χ4v) is 6.74. The average molecular weight is 839 g/mol. The SMILES string of the molecule is CC(C)c1ccnc(-c2[c-]ccc3c2Oc2cccc4c2B3c2ccccc2O4)c1.Cc1c[c-]c(-c2cc(-c3ccccc3)c(C)cn2)cc1.[Ir]. The molecule has 4 heterocycles. The Kier molecular flexibility index (Phi) is 9.73. The molecule has 251 valence electrons. The number of nitrogens with zero attached hydrogens (tertiary/aromatic N) is 2. The van der Waals surface area contributed by atoms with Crippen molar-refractivity contribution in [3.8, 4) is 56.6 Å². The molecular formula is C45H35BIrN2O2-2. The minimum Gasteiger partial charge on any atom is -0.503 e. The van der Waals surface area contributed by atoms with E-state index in [1.807, 2.05) is 60.9 Å². The molecule has 1 radical (unpaired) electrons. The van der Waals surface area contributed by atoms with E-state index in [-0.39, 0.29) is 26.8 Å². The smallest absolute Gasteiger partial charge is 0.241 e. The maximum atomic E-state index is 6.47. The number of aryl methyl sites for hydroxylation is 2. The van der Waals surface area contributed by atoms with E-state index >= 15 is 0 Å². The Balaban J connectivity index is 0.000000169. The van der Waals surface area contributed by atoms with E-state index in [1.165, 1.54) is 27.8 Å². The summed E-state index contributed by atoms with van der Waals surface area (Å²) in [6, 6.07) is 48.0. The molecule has 0 bridgehead atoms. The molecular weight excluding hydrogens is 804 g/mol. The summed E-state index contributed by atoms with van der Waals surface area (Å²) < 4.78 is 12.7. The third-order valence-electron chi connectivity index (χ3n) is 9.41. The normalized spacial score (nSPS) is 11.8. The molecule has 0 fully saturated rings. The van der Waals surface area contributed by atoms with Crippen molar-refractivity contribution in [3.63, 3.8) is 0 Å². The Hall–Kier alpha value is -5.29. The van der Waals surface area contributed by atoms with Crippen LogP contribution in [-0.2, 0) is 20.1 Å². The number of hydrogen-bond donors (Lipinski definition) is 0. The molecule has 5 aromatic carbocycles. The summed E-state index contributed by atoms with van der Waals surface area (Å²) in [4.78, 5) is 9.18. The van der Waals surface area contributed by atoms with Crippen molar-refractivity contribution in [2.24, 2.45) is 0 Å². The Morgan fingerprint density at radius 2 is 1.45 bits per heavy atom. The van der Waals surface area contributed by atoms with Gasteiger partial charge in [0.1, 0.15) is 17.2 Å². The van der Waals surface area contributed by atoms with Gasteiger partial charge in [0.2, 0.25) is 6.71 Å². The van der Waals surface area contributed by atoms with Crippen molar-refractivity contribution < 1.29 is 29.6 Å². The number of ether oxygens (including phenoxy) is 2. The molecule has 0 saturated heterocycles. The first-order valence-electron chi connectivity index (χ1n) is 17.0. The van der Waals surface area contributed by atoms with Crippen LogP contribution >= 0.6 is 0 Å². The van der Waals surface area contributed by atoms with Crippen molar-refractivity contribution in [1.29, 1.82) is 0 Å². The van der Waals surface area contributed by atoms with Gasteiger partial charge in [-0.3, -0.25) is 0 Å². The maximum absolute atomic E-state index is 6.47. The van der Waals surface area contributed by atoms with Crippen LogP contribution in [0.2, 0.25) is 0 Å². The molecule has 0 saturated carbocycles. The van der Waals surface area contributed by atoms with Crippen LogP contribution in [-0.4, -0.2) is 16.7 Å². The number of rotatable bonds is 4. The number of benzene rings is 5. The Morgan fingerprint density at radius 3 is 2.24 bits per heavy atom. The monoisotopic (exact) mass is 839 g/mol. The van der Waals surface area contributed by atoms with E-state index in [9.17, 15) is 0 Å². The van der Waals surface area contributed by atoms with Crippen LogP contribution in [0, 0.1) is 26.0 Å². The van der Waals surface area contributed by atoms with E-state index in [0.717, 1.165) is 61.9 Å². The quantitative estimate of drug-likeness (QED) is 0.131. The number of pyridine rings is 2. The summed E-state index contributed by atoms with van der Waals surface area (Å²) in [7, 11) is 0. The minimum atomic E-state index is 0. The molecule has 0 amide bonds. The van der Waals surface area contributed by atoms with Gasteiger partial charge in [-0.15, -0.1) is 59.1 Å². The molecule has 2 aliphatic heterocycles. The van der Waals surface area contributed by atoms with Gasteiger partial charge in [-0.25, -0.2) is 0 Å². The van der Waals surface area contributed by atoms with Gasteiger partial charge in [0, 0.05) is 43.7 Å². The third-order valence-corrected chi connectivity index (χ3v) is 9.41. The molecule has 4 nitrogen and oxygen atoms in total. The predicted octanol–water partition coefficient (Wildman–Crippen LogP) is 9.23. The second-order valence-electron chi connectivity index (χ2n) is 13.1. The zero-order chi connectivity index (χ0) is 34.2. The number of fused-ring (bicyclic) bond motifs is 4. The summed E-state index contributed by atoms with van der Waals surface area (Å²) in [5, 5.41) is 0. The first-order valence-corrected chi connectivity index (χ1v) is 17.0.